The van der Waals surface area contributed by atoms with E-state index in [-0.39, 0.29) is 46.7 Å². The molecule has 0 bridgehead atoms. The van der Waals surface area contributed by atoms with Crippen molar-refractivity contribution in [2.75, 3.05) is 5.75 Å². The standard InChI is InChI=1S/C32H28N4O4S.HI/c1-34-17-10-18-35(34)20-25-21-41-31-27(33-19-24-15-8-9-16-26(24)37)30(38)36(31)28(25)32(39)40-29(22-11-4-2-5-12-22)23-13-6-3-7-14-23;/h2-19,27,29,31H,20-21H2,1H3;1H/t27-,31-;/m1./s1. The summed E-state index contributed by atoms with van der Waals surface area (Å²) in [7, 11) is 1.93. The molecule has 2 aliphatic rings. The first-order valence-electron chi connectivity index (χ1n) is 13.3. The van der Waals surface area contributed by atoms with Gasteiger partial charge in [0.1, 0.15) is 23.4 Å². The Balaban J connectivity index is 0.00000353. The van der Waals surface area contributed by atoms with E-state index in [0.717, 1.165) is 16.7 Å². The predicted molar refractivity (Wildman–Crippen MR) is 156 cm³/mol. The lowest BCUT2D eigenvalue weighted by Crippen LogP contribution is -3.00. The van der Waals surface area contributed by atoms with Gasteiger partial charge in [-0.15, -0.1) is 16.4 Å². The van der Waals surface area contributed by atoms with E-state index in [1.807, 2.05) is 95.5 Å². The number of halogens is 1. The molecule has 4 aromatic rings. The number of carbonyl (C=O) groups is 2. The maximum absolute atomic E-state index is 14.1. The lowest BCUT2D eigenvalue weighted by Gasteiger charge is -2.48. The number of carbonyl (C=O) groups excluding carboxylic acids is 2. The zero-order valence-corrected chi connectivity index (χ0v) is 25.8. The van der Waals surface area contributed by atoms with Gasteiger partial charge < -0.3 is 33.8 Å². The SMILES string of the molecule is C[n+]1cccn1CC1=C(C(=O)OC(c2ccccc2)c2ccccc2)N2C(=O)[C@@H](N=Cc3ccccc3O)[C@H]2SC1.[I-]. The average molecular weight is 693 g/mol. The van der Waals surface area contributed by atoms with Gasteiger partial charge in [0.15, 0.2) is 25.4 Å². The van der Waals surface area contributed by atoms with Crippen molar-refractivity contribution >= 4 is 29.9 Å². The summed E-state index contributed by atoms with van der Waals surface area (Å²) in [5.74, 6) is -0.184. The molecule has 42 heavy (non-hydrogen) atoms. The van der Waals surface area contributed by atoms with Crippen LogP contribution in [-0.2, 0) is 27.9 Å². The second kappa shape index (κ2) is 13.0. The molecule has 0 aliphatic carbocycles. The Morgan fingerprint density at radius 2 is 1.69 bits per heavy atom. The lowest BCUT2D eigenvalue weighted by molar-refractivity contribution is -0.752. The molecule has 10 heteroatoms. The summed E-state index contributed by atoms with van der Waals surface area (Å²) in [5, 5.41) is 9.77. The first-order chi connectivity index (χ1) is 20.0. The normalized spacial score (nSPS) is 18.0. The number of ether oxygens (including phenoxy) is 1. The van der Waals surface area contributed by atoms with E-state index >= 15 is 0 Å². The molecule has 1 amide bonds. The van der Waals surface area contributed by atoms with Crippen molar-refractivity contribution in [1.82, 2.24) is 9.58 Å². The highest BCUT2D eigenvalue weighted by Gasteiger charge is 2.54. The number of phenolic OH excluding ortho intramolecular Hbond substituents is 1. The number of esters is 1. The van der Waals surface area contributed by atoms with Crippen LogP contribution in [0.5, 0.6) is 5.75 Å². The Labute approximate surface area is 265 Å². The van der Waals surface area contributed by atoms with Gasteiger partial charge in [0.25, 0.3) is 5.91 Å². The Hall–Kier alpha value is -3.90. The number of β-lactam (4-membered cyclic amide) rings is 1. The number of aryl methyl sites for hydroxylation is 1. The molecule has 1 N–H and O–H groups in total. The van der Waals surface area contributed by atoms with Crippen LogP contribution in [0.2, 0.25) is 0 Å². The van der Waals surface area contributed by atoms with Gasteiger partial charge >= 0.3 is 5.97 Å². The Bertz CT molecular complexity index is 1600. The Morgan fingerprint density at radius 3 is 2.31 bits per heavy atom. The summed E-state index contributed by atoms with van der Waals surface area (Å²) in [6.07, 6.45) is 4.74. The van der Waals surface area contributed by atoms with Crippen molar-refractivity contribution < 1.29 is 48.1 Å². The quantitative estimate of drug-likeness (QED) is 0.0981. The Morgan fingerprint density at radius 1 is 1.05 bits per heavy atom. The van der Waals surface area contributed by atoms with Crippen molar-refractivity contribution in [2.45, 2.75) is 24.1 Å². The lowest BCUT2D eigenvalue weighted by atomic mass is 10.0. The number of rotatable bonds is 8. The van der Waals surface area contributed by atoms with Crippen LogP contribution >= 0.6 is 11.8 Å². The molecule has 0 radical (unpaired) electrons. The molecule has 0 unspecified atom stereocenters. The zero-order valence-electron chi connectivity index (χ0n) is 22.8. The van der Waals surface area contributed by atoms with E-state index in [0.29, 0.717) is 17.9 Å². The van der Waals surface area contributed by atoms with Crippen molar-refractivity contribution in [3.05, 3.63) is 131 Å². The molecule has 0 spiro atoms. The minimum absolute atomic E-state index is 0. The third-order valence-corrected chi connectivity index (χ3v) is 8.60. The fraction of sp³-hybridized carbons (Fsp3) is 0.188. The number of hydrogen-bond donors (Lipinski definition) is 1. The van der Waals surface area contributed by atoms with Crippen LogP contribution in [0.3, 0.4) is 0 Å². The van der Waals surface area contributed by atoms with Gasteiger partial charge in [-0.3, -0.25) is 14.7 Å². The maximum Gasteiger partial charge on any atom is 0.356 e. The van der Waals surface area contributed by atoms with Crippen molar-refractivity contribution in [3.8, 4) is 5.75 Å². The predicted octanol–water partition coefficient (Wildman–Crippen LogP) is 1.01. The minimum Gasteiger partial charge on any atom is -1.00 e. The zero-order chi connectivity index (χ0) is 28.3. The summed E-state index contributed by atoms with van der Waals surface area (Å²) in [6.45, 7) is 0.435. The maximum atomic E-state index is 14.1. The molecule has 0 saturated carbocycles. The van der Waals surface area contributed by atoms with E-state index in [2.05, 4.69) is 4.99 Å². The molecule has 8 nitrogen and oxygen atoms in total. The van der Waals surface area contributed by atoms with Crippen molar-refractivity contribution in [1.29, 1.82) is 0 Å². The van der Waals surface area contributed by atoms with Gasteiger partial charge in [0.2, 0.25) is 0 Å². The smallest absolute Gasteiger partial charge is 0.356 e. The molecule has 3 heterocycles. The van der Waals surface area contributed by atoms with Crippen LogP contribution in [0.4, 0.5) is 0 Å². The van der Waals surface area contributed by atoms with Gasteiger partial charge in [-0.05, 0) is 28.8 Å². The fourth-order valence-electron chi connectivity index (χ4n) is 5.09. The van der Waals surface area contributed by atoms with Gasteiger partial charge in [-0.25, -0.2) is 4.79 Å². The number of amides is 1. The summed E-state index contributed by atoms with van der Waals surface area (Å²) in [5.41, 5.74) is 3.29. The van der Waals surface area contributed by atoms with E-state index < -0.39 is 18.1 Å². The highest BCUT2D eigenvalue weighted by Crippen LogP contribution is 2.43. The molecule has 1 fully saturated rings. The van der Waals surface area contributed by atoms with Crippen LogP contribution in [0.1, 0.15) is 22.8 Å². The highest BCUT2D eigenvalue weighted by atomic mass is 127. The fourth-order valence-corrected chi connectivity index (χ4v) is 6.42. The topological polar surface area (TPSA) is 88.0 Å². The monoisotopic (exact) mass is 692 g/mol. The second-order valence-electron chi connectivity index (χ2n) is 9.91. The molecule has 6 rings (SSSR count). The first kappa shape index (κ1) is 29.6. The number of hydrogen-bond acceptors (Lipinski definition) is 6. The van der Waals surface area contributed by atoms with Gasteiger partial charge in [-0.1, -0.05) is 72.8 Å². The van der Waals surface area contributed by atoms with Gasteiger partial charge in [0.05, 0.1) is 6.20 Å². The number of phenols is 1. The molecule has 2 atom stereocenters. The van der Waals surface area contributed by atoms with E-state index in [9.17, 15) is 14.7 Å². The number of aliphatic imine (C=N–C) groups is 1. The number of fused-ring (bicyclic) bond motifs is 1. The number of benzene rings is 3. The molecular formula is C32H29IN4O4S. The van der Waals surface area contributed by atoms with E-state index in [1.165, 1.54) is 11.1 Å². The number of aromatic hydroxyl groups is 1. The van der Waals surface area contributed by atoms with Crippen LogP contribution in [0.25, 0.3) is 0 Å². The molecule has 1 saturated heterocycles. The number of aromatic nitrogens is 2. The molecule has 3 aromatic carbocycles. The number of nitrogens with zero attached hydrogens (tertiary/aromatic N) is 4. The molecule has 2 aliphatic heterocycles. The summed E-state index contributed by atoms with van der Waals surface area (Å²) in [6, 6.07) is 27.3. The highest BCUT2D eigenvalue weighted by molar-refractivity contribution is 8.00. The van der Waals surface area contributed by atoms with E-state index in [1.54, 1.807) is 36.0 Å². The molecule has 214 valence electrons. The minimum atomic E-state index is -0.661. The van der Waals surface area contributed by atoms with Crippen LogP contribution < -0.4 is 28.7 Å². The summed E-state index contributed by atoms with van der Waals surface area (Å²) < 4.78 is 10.1. The van der Waals surface area contributed by atoms with E-state index in [4.69, 9.17) is 4.74 Å². The Kier molecular flexibility index (Phi) is 9.12. The van der Waals surface area contributed by atoms with Crippen molar-refractivity contribution in [3.63, 3.8) is 0 Å². The van der Waals surface area contributed by atoms with Crippen LogP contribution in [0.15, 0.2) is 120 Å². The number of para-hydroxylation sites is 1. The van der Waals surface area contributed by atoms with Crippen LogP contribution in [-0.4, -0.2) is 49.9 Å². The largest absolute Gasteiger partial charge is 1.00 e. The van der Waals surface area contributed by atoms with Gasteiger partial charge in [0, 0.05) is 23.6 Å². The molecule has 1 aromatic heterocycles. The third-order valence-electron chi connectivity index (χ3n) is 7.27. The summed E-state index contributed by atoms with van der Waals surface area (Å²) in [4.78, 5) is 33.7. The van der Waals surface area contributed by atoms with Crippen molar-refractivity contribution in [2.24, 2.45) is 12.0 Å². The second-order valence-corrected chi connectivity index (χ2v) is 11.0. The average Bonchev–Trinajstić information content (AvgIpc) is 3.41. The third kappa shape index (κ3) is 5.86. The van der Waals surface area contributed by atoms with Gasteiger partial charge in [-0.2, -0.15) is 4.68 Å². The van der Waals surface area contributed by atoms with Crippen LogP contribution in [0, 0.1) is 0 Å². The number of thioether (sulfide) groups is 1. The first-order valence-corrected chi connectivity index (χ1v) is 14.4. The molecular weight excluding hydrogens is 663 g/mol. The summed E-state index contributed by atoms with van der Waals surface area (Å²) >= 11 is 1.57.